The summed E-state index contributed by atoms with van der Waals surface area (Å²) in [4.78, 5) is 25.9. The fourth-order valence-corrected chi connectivity index (χ4v) is 3.98. The Bertz CT molecular complexity index is 1040. The minimum atomic E-state index is -0.671. The second kappa shape index (κ2) is 9.00. The van der Waals surface area contributed by atoms with Crippen LogP contribution in [-0.4, -0.2) is 47.2 Å². The van der Waals surface area contributed by atoms with Gasteiger partial charge in [0.05, 0.1) is 36.0 Å². The Morgan fingerprint density at radius 2 is 1.81 bits per heavy atom. The van der Waals surface area contributed by atoms with Crippen LogP contribution in [0.2, 0.25) is 0 Å². The first-order valence-electron chi connectivity index (χ1n) is 11.2. The van der Waals surface area contributed by atoms with Crippen molar-refractivity contribution in [3.63, 3.8) is 0 Å². The van der Waals surface area contributed by atoms with Gasteiger partial charge in [-0.3, -0.25) is 4.79 Å². The van der Waals surface area contributed by atoms with Crippen LogP contribution in [0.4, 0.5) is 0 Å². The molecule has 0 unspecified atom stereocenters. The fourth-order valence-electron chi connectivity index (χ4n) is 3.98. The number of rotatable bonds is 7. The number of hydrogen-bond acceptors (Lipinski definition) is 6. The van der Waals surface area contributed by atoms with E-state index in [0.717, 1.165) is 0 Å². The number of aromatic nitrogens is 1. The molecule has 1 N–H and O–H groups in total. The second-order valence-electron chi connectivity index (χ2n) is 9.83. The minimum Gasteiger partial charge on any atom is -0.462 e. The van der Waals surface area contributed by atoms with Gasteiger partial charge in [0.25, 0.3) is 0 Å². The van der Waals surface area contributed by atoms with Crippen LogP contribution in [0.15, 0.2) is 29.2 Å². The maximum atomic E-state index is 13.3. The molecule has 3 rings (SSSR count). The van der Waals surface area contributed by atoms with Crippen molar-refractivity contribution in [2.24, 2.45) is 5.92 Å². The standard InChI is InChI=1S/C24H34BNO6/c1-8-30-22(29)19-13-26(17(14-27)11-15(2)3)20-10-9-16(12-18(20)21(19)28)25-31-23(4,5)24(6,7)32-25/h9-10,12-13,15,17,27H,8,11,14H2,1-7H3/t17-/m0/s1. The normalized spacial score (nSPS) is 18.3. The molecule has 1 aromatic heterocycles. The molecular weight excluding hydrogens is 409 g/mol. The maximum absolute atomic E-state index is 13.3. The van der Waals surface area contributed by atoms with E-state index in [-0.39, 0.29) is 24.8 Å². The van der Waals surface area contributed by atoms with E-state index in [1.807, 2.05) is 44.4 Å². The Kier molecular flexibility index (Phi) is 6.89. The summed E-state index contributed by atoms with van der Waals surface area (Å²) in [7, 11) is -0.632. The average molecular weight is 443 g/mol. The summed E-state index contributed by atoms with van der Waals surface area (Å²) >= 11 is 0. The van der Waals surface area contributed by atoms with Gasteiger partial charge in [0.2, 0.25) is 5.43 Å². The van der Waals surface area contributed by atoms with E-state index in [0.29, 0.717) is 28.7 Å². The van der Waals surface area contributed by atoms with Crippen LogP contribution in [-0.2, 0) is 14.0 Å². The van der Waals surface area contributed by atoms with Crippen molar-refractivity contribution < 1.29 is 23.9 Å². The Labute approximate surface area is 189 Å². The predicted molar refractivity (Wildman–Crippen MR) is 125 cm³/mol. The lowest BCUT2D eigenvalue weighted by molar-refractivity contribution is 0.00578. The number of pyridine rings is 1. The number of aliphatic hydroxyl groups is 1. The first-order valence-corrected chi connectivity index (χ1v) is 11.2. The third-order valence-corrected chi connectivity index (χ3v) is 6.42. The van der Waals surface area contributed by atoms with Gasteiger partial charge in [-0.2, -0.15) is 0 Å². The molecule has 8 heteroatoms. The number of hydrogen-bond donors (Lipinski definition) is 1. The molecule has 1 fully saturated rings. The third-order valence-electron chi connectivity index (χ3n) is 6.42. The smallest absolute Gasteiger partial charge is 0.462 e. The van der Waals surface area contributed by atoms with Gasteiger partial charge in [0.1, 0.15) is 5.56 Å². The first kappa shape index (κ1) is 24.5. The van der Waals surface area contributed by atoms with Gasteiger partial charge >= 0.3 is 13.1 Å². The summed E-state index contributed by atoms with van der Waals surface area (Å²) < 4.78 is 19.2. The molecule has 1 atom stereocenters. The van der Waals surface area contributed by atoms with Crippen LogP contribution in [0.1, 0.15) is 71.3 Å². The molecule has 0 saturated carbocycles. The van der Waals surface area contributed by atoms with Crippen LogP contribution in [0.25, 0.3) is 10.9 Å². The highest BCUT2D eigenvalue weighted by Gasteiger charge is 2.51. The largest absolute Gasteiger partial charge is 0.494 e. The topological polar surface area (TPSA) is 87.0 Å². The van der Waals surface area contributed by atoms with Gasteiger partial charge in [-0.1, -0.05) is 19.9 Å². The SMILES string of the molecule is CCOC(=O)c1cn([C@H](CO)CC(C)C)c2ccc(B3OC(C)(C)C(C)(C)O3)cc2c1=O. The lowest BCUT2D eigenvalue weighted by atomic mass is 9.78. The van der Waals surface area contributed by atoms with E-state index in [4.69, 9.17) is 14.0 Å². The monoisotopic (exact) mass is 443 g/mol. The summed E-state index contributed by atoms with van der Waals surface area (Å²) in [6.45, 7) is 13.8. The van der Waals surface area contributed by atoms with Crippen molar-refractivity contribution in [3.8, 4) is 0 Å². The van der Waals surface area contributed by atoms with E-state index >= 15 is 0 Å². The number of esters is 1. The fraction of sp³-hybridized carbons (Fsp3) is 0.583. The molecule has 2 aromatic rings. The van der Waals surface area contributed by atoms with Crippen molar-refractivity contribution >= 4 is 29.5 Å². The molecule has 1 aliphatic heterocycles. The van der Waals surface area contributed by atoms with Crippen molar-refractivity contribution in [2.45, 2.75) is 72.1 Å². The summed E-state index contributed by atoms with van der Waals surface area (Å²) in [6, 6.07) is 5.14. The number of nitrogens with zero attached hydrogens (tertiary/aromatic N) is 1. The average Bonchev–Trinajstić information content (AvgIpc) is 2.93. The molecule has 0 aliphatic carbocycles. The number of fused-ring (bicyclic) bond motifs is 1. The molecule has 1 aliphatic rings. The molecule has 0 spiro atoms. The Hall–Kier alpha value is -2.16. The highest BCUT2D eigenvalue weighted by molar-refractivity contribution is 6.62. The third kappa shape index (κ3) is 4.49. The van der Waals surface area contributed by atoms with E-state index in [1.54, 1.807) is 13.0 Å². The van der Waals surface area contributed by atoms with E-state index in [9.17, 15) is 14.7 Å². The molecule has 0 amide bonds. The van der Waals surface area contributed by atoms with Crippen molar-refractivity contribution in [2.75, 3.05) is 13.2 Å². The highest BCUT2D eigenvalue weighted by Crippen LogP contribution is 2.36. The van der Waals surface area contributed by atoms with E-state index in [2.05, 4.69) is 13.8 Å². The van der Waals surface area contributed by atoms with Crippen LogP contribution >= 0.6 is 0 Å². The van der Waals surface area contributed by atoms with Crippen LogP contribution in [0, 0.1) is 5.92 Å². The van der Waals surface area contributed by atoms with Crippen LogP contribution < -0.4 is 10.9 Å². The minimum absolute atomic E-state index is 0.0485. The Balaban J connectivity index is 2.19. The first-order chi connectivity index (χ1) is 14.9. The van der Waals surface area contributed by atoms with Gasteiger partial charge in [0.15, 0.2) is 0 Å². The summed E-state index contributed by atoms with van der Waals surface area (Å²) in [5, 5.41) is 10.4. The maximum Gasteiger partial charge on any atom is 0.494 e. The lowest BCUT2D eigenvalue weighted by Gasteiger charge is -2.32. The molecule has 7 nitrogen and oxygen atoms in total. The van der Waals surface area contributed by atoms with Crippen molar-refractivity contribution in [1.82, 2.24) is 4.57 Å². The van der Waals surface area contributed by atoms with Crippen molar-refractivity contribution in [1.29, 1.82) is 0 Å². The predicted octanol–water partition coefficient (Wildman–Crippen LogP) is 3.06. The van der Waals surface area contributed by atoms with E-state index in [1.165, 1.54) is 6.20 Å². The molecule has 0 bridgehead atoms. The number of aliphatic hydroxyl groups excluding tert-OH is 1. The summed E-state index contributed by atoms with van der Waals surface area (Å²) in [5.41, 5.74) is -0.146. The summed E-state index contributed by atoms with van der Waals surface area (Å²) in [6.07, 6.45) is 2.20. The van der Waals surface area contributed by atoms with Crippen LogP contribution in [0.5, 0.6) is 0 Å². The van der Waals surface area contributed by atoms with Crippen LogP contribution in [0.3, 0.4) is 0 Å². The molecular formula is C24H34BNO6. The zero-order valence-electron chi connectivity index (χ0n) is 20.1. The number of benzene rings is 1. The number of carbonyl (C=O) groups is 1. The Morgan fingerprint density at radius 3 is 2.34 bits per heavy atom. The zero-order chi connectivity index (χ0) is 23.8. The van der Waals surface area contributed by atoms with E-state index < -0.39 is 29.7 Å². The molecule has 32 heavy (non-hydrogen) atoms. The van der Waals surface area contributed by atoms with Gasteiger partial charge in [-0.15, -0.1) is 0 Å². The number of carbonyl (C=O) groups excluding carboxylic acids is 1. The lowest BCUT2D eigenvalue weighted by Crippen LogP contribution is -2.41. The highest BCUT2D eigenvalue weighted by atomic mass is 16.7. The zero-order valence-corrected chi connectivity index (χ0v) is 20.1. The van der Waals surface area contributed by atoms with Crippen molar-refractivity contribution in [3.05, 3.63) is 40.2 Å². The van der Waals surface area contributed by atoms with Gasteiger partial charge in [0, 0.05) is 11.6 Å². The van der Waals surface area contributed by atoms with Gasteiger partial charge in [-0.25, -0.2) is 4.79 Å². The quantitative estimate of drug-likeness (QED) is 0.523. The van der Waals surface area contributed by atoms with Gasteiger partial charge in [-0.05, 0) is 64.6 Å². The second-order valence-corrected chi connectivity index (χ2v) is 9.83. The molecule has 1 aromatic carbocycles. The molecule has 1 saturated heterocycles. The molecule has 174 valence electrons. The summed E-state index contributed by atoms with van der Waals surface area (Å²) in [5.74, 6) is -0.355. The molecule has 0 radical (unpaired) electrons. The number of ether oxygens (including phenoxy) is 1. The van der Waals surface area contributed by atoms with Gasteiger partial charge < -0.3 is 23.7 Å². The Morgan fingerprint density at radius 1 is 1.19 bits per heavy atom. The molecule has 2 heterocycles.